The number of para-hydroxylation sites is 1. The number of hydrogen-bond donors (Lipinski definition) is 1. The molecule has 2 fully saturated rings. The molecule has 2 aliphatic rings. The first-order valence-electron chi connectivity index (χ1n) is 10.7. The third kappa shape index (κ3) is 4.11. The van der Waals surface area contributed by atoms with Crippen molar-refractivity contribution in [2.24, 2.45) is 0 Å². The van der Waals surface area contributed by atoms with E-state index < -0.39 is 6.10 Å². The molecule has 3 aromatic rings. The van der Waals surface area contributed by atoms with Crippen molar-refractivity contribution in [2.75, 3.05) is 44.2 Å². The van der Waals surface area contributed by atoms with Crippen molar-refractivity contribution < 1.29 is 9.90 Å². The Hall–Kier alpha value is -2.67. The van der Waals surface area contributed by atoms with Crippen LogP contribution in [-0.2, 0) is 0 Å². The highest BCUT2D eigenvalue weighted by atomic mass is 35.5. The molecule has 1 N–H and O–H groups in total. The van der Waals surface area contributed by atoms with Gasteiger partial charge in [-0.1, -0.05) is 29.8 Å². The van der Waals surface area contributed by atoms with Crippen molar-refractivity contribution in [3.63, 3.8) is 0 Å². The number of fused-ring (bicyclic) bond motifs is 1. The van der Waals surface area contributed by atoms with Crippen molar-refractivity contribution >= 4 is 34.2 Å². The van der Waals surface area contributed by atoms with E-state index in [4.69, 9.17) is 16.6 Å². The van der Waals surface area contributed by atoms with Crippen LogP contribution in [0.4, 0.5) is 5.82 Å². The number of carbonyl (C=O) groups excluding carboxylic acids is 1. The Kier molecular flexibility index (Phi) is 5.52. The first-order valence-corrected chi connectivity index (χ1v) is 11.0. The van der Waals surface area contributed by atoms with Gasteiger partial charge < -0.3 is 14.9 Å². The average Bonchev–Trinajstić information content (AvgIpc) is 3.20. The molecule has 1 aromatic heterocycles. The SMILES string of the molecule is O=C(c1ccc(Cl)cc1)N1CCN([C@H]2CN(c3ccc4ccccc4n3)C[C@@H]2O)CC1. The van der Waals surface area contributed by atoms with Crippen molar-refractivity contribution in [3.05, 3.63) is 71.2 Å². The number of aromatic nitrogens is 1. The number of hydrogen-bond acceptors (Lipinski definition) is 5. The molecule has 0 bridgehead atoms. The molecule has 2 aromatic carbocycles. The molecule has 160 valence electrons. The normalized spacial score (nSPS) is 22.3. The quantitative estimate of drug-likeness (QED) is 0.684. The highest BCUT2D eigenvalue weighted by Crippen LogP contribution is 2.25. The van der Waals surface area contributed by atoms with E-state index in [1.165, 1.54) is 0 Å². The Labute approximate surface area is 186 Å². The van der Waals surface area contributed by atoms with Gasteiger partial charge in [-0.15, -0.1) is 0 Å². The Morgan fingerprint density at radius 1 is 0.935 bits per heavy atom. The predicted molar refractivity (Wildman–Crippen MR) is 123 cm³/mol. The minimum absolute atomic E-state index is 0.0327. The molecule has 0 radical (unpaired) electrons. The maximum absolute atomic E-state index is 12.7. The van der Waals surface area contributed by atoms with E-state index in [0.717, 1.165) is 36.4 Å². The van der Waals surface area contributed by atoms with E-state index in [1.54, 1.807) is 24.3 Å². The minimum atomic E-state index is -0.438. The summed E-state index contributed by atoms with van der Waals surface area (Å²) in [6, 6.07) is 19.3. The largest absolute Gasteiger partial charge is 0.390 e. The zero-order chi connectivity index (χ0) is 21.4. The average molecular weight is 437 g/mol. The van der Waals surface area contributed by atoms with Crippen LogP contribution < -0.4 is 4.90 Å². The van der Waals surface area contributed by atoms with Crippen molar-refractivity contribution in [1.82, 2.24) is 14.8 Å². The van der Waals surface area contributed by atoms with Crippen LogP contribution in [0.2, 0.25) is 5.02 Å². The topological polar surface area (TPSA) is 59.9 Å². The number of amides is 1. The van der Waals surface area contributed by atoms with Crippen LogP contribution in [0.1, 0.15) is 10.4 Å². The molecule has 3 heterocycles. The van der Waals surface area contributed by atoms with Gasteiger partial charge in [-0.2, -0.15) is 0 Å². The molecular formula is C24H25ClN4O2. The zero-order valence-corrected chi connectivity index (χ0v) is 17.9. The van der Waals surface area contributed by atoms with Gasteiger partial charge >= 0.3 is 0 Å². The molecule has 0 spiro atoms. The molecule has 5 rings (SSSR count). The molecule has 31 heavy (non-hydrogen) atoms. The molecule has 2 saturated heterocycles. The number of piperazine rings is 1. The number of rotatable bonds is 3. The van der Waals surface area contributed by atoms with Gasteiger partial charge in [0.25, 0.3) is 5.91 Å². The van der Waals surface area contributed by atoms with E-state index in [-0.39, 0.29) is 11.9 Å². The van der Waals surface area contributed by atoms with Gasteiger partial charge in [0, 0.05) is 55.2 Å². The molecule has 1 amide bonds. The second-order valence-corrected chi connectivity index (χ2v) is 8.67. The highest BCUT2D eigenvalue weighted by molar-refractivity contribution is 6.30. The summed E-state index contributed by atoms with van der Waals surface area (Å²) >= 11 is 5.93. The molecule has 7 heteroatoms. The van der Waals surface area contributed by atoms with E-state index >= 15 is 0 Å². The van der Waals surface area contributed by atoms with Crippen LogP contribution in [0.15, 0.2) is 60.7 Å². The van der Waals surface area contributed by atoms with Crippen LogP contribution in [0.25, 0.3) is 10.9 Å². The fourth-order valence-corrected chi connectivity index (χ4v) is 4.70. The Balaban J connectivity index is 1.22. The number of benzene rings is 2. The molecular weight excluding hydrogens is 412 g/mol. The number of aliphatic hydroxyl groups is 1. The maximum atomic E-state index is 12.7. The van der Waals surface area contributed by atoms with E-state index in [0.29, 0.717) is 30.2 Å². The number of carbonyl (C=O) groups is 1. The van der Waals surface area contributed by atoms with Crippen LogP contribution in [0.5, 0.6) is 0 Å². The zero-order valence-electron chi connectivity index (χ0n) is 17.2. The number of pyridine rings is 1. The molecule has 0 aliphatic carbocycles. The number of β-amino-alcohol motifs (C(OH)–C–C–N with tert-alkyl or cyclic N) is 1. The maximum Gasteiger partial charge on any atom is 0.253 e. The van der Waals surface area contributed by atoms with E-state index in [2.05, 4.69) is 21.9 Å². The first kappa shape index (κ1) is 20.2. The molecule has 0 saturated carbocycles. The lowest BCUT2D eigenvalue weighted by Crippen LogP contribution is -2.54. The Bertz CT molecular complexity index is 1080. The summed E-state index contributed by atoms with van der Waals surface area (Å²) in [5.74, 6) is 0.932. The highest BCUT2D eigenvalue weighted by Gasteiger charge is 2.37. The van der Waals surface area contributed by atoms with Gasteiger partial charge in [0.2, 0.25) is 0 Å². The summed E-state index contributed by atoms with van der Waals surface area (Å²) in [5, 5.41) is 12.5. The molecule has 2 atom stereocenters. The fraction of sp³-hybridized carbons (Fsp3) is 0.333. The number of halogens is 1. The summed E-state index contributed by atoms with van der Waals surface area (Å²) in [4.78, 5) is 23.9. The summed E-state index contributed by atoms with van der Waals surface area (Å²) in [7, 11) is 0. The van der Waals surface area contributed by atoms with Crippen LogP contribution in [0, 0.1) is 0 Å². The van der Waals surface area contributed by atoms with Gasteiger partial charge in [0.15, 0.2) is 0 Å². The first-order chi connectivity index (χ1) is 15.1. The summed E-state index contributed by atoms with van der Waals surface area (Å²) in [6.45, 7) is 4.11. The predicted octanol–water partition coefficient (Wildman–Crippen LogP) is 2.90. The minimum Gasteiger partial charge on any atom is -0.390 e. The van der Waals surface area contributed by atoms with Crippen LogP contribution >= 0.6 is 11.6 Å². The van der Waals surface area contributed by atoms with Crippen LogP contribution in [0.3, 0.4) is 0 Å². The second kappa shape index (κ2) is 8.46. The molecule has 0 unspecified atom stereocenters. The standard InChI is InChI=1S/C24H25ClN4O2/c25-19-8-5-18(6-9-19)24(31)28-13-11-27(12-14-28)21-15-29(16-22(21)30)23-10-7-17-3-1-2-4-20(17)26-23/h1-10,21-22,30H,11-16H2/t21-,22-/m0/s1. The van der Waals surface area contributed by atoms with Crippen molar-refractivity contribution in [3.8, 4) is 0 Å². The van der Waals surface area contributed by atoms with E-state index in [9.17, 15) is 9.90 Å². The lowest BCUT2D eigenvalue weighted by molar-refractivity contribution is 0.0376. The third-order valence-electron chi connectivity index (χ3n) is 6.33. The van der Waals surface area contributed by atoms with Gasteiger partial charge in [0.05, 0.1) is 17.7 Å². The summed E-state index contributed by atoms with van der Waals surface area (Å²) in [5.41, 5.74) is 1.62. The second-order valence-electron chi connectivity index (χ2n) is 8.24. The van der Waals surface area contributed by atoms with Gasteiger partial charge in [0.1, 0.15) is 5.82 Å². The lowest BCUT2D eigenvalue weighted by Gasteiger charge is -2.38. The summed E-state index contributed by atoms with van der Waals surface area (Å²) in [6.07, 6.45) is -0.438. The third-order valence-corrected chi connectivity index (χ3v) is 6.58. The van der Waals surface area contributed by atoms with E-state index in [1.807, 2.05) is 29.2 Å². The Morgan fingerprint density at radius 2 is 1.68 bits per heavy atom. The summed E-state index contributed by atoms with van der Waals surface area (Å²) < 4.78 is 0. The fourth-order valence-electron chi connectivity index (χ4n) is 4.58. The number of anilines is 1. The smallest absolute Gasteiger partial charge is 0.253 e. The number of nitrogens with zero attached hydrogens (tertiary/aromatic N) is 4. The Morgan fingerprint density at radius 3 is 2.45 bits per heavy atom. The van der Waals surface area contributed by atoms with Crippen LogP contribution in [-0.4, -0.2) is 77.2 Å². The number of aliphatic hydroxyl groups excluding tert-OH is 1. The van der Waals surface area contributed by atoms with Crippen molar-refractivity contribution in [1.29, 1.82) is 0 Å². The molecule has 6 nitrogen and oxygen atoms in total. The van der Waals surface area contributed by atoms with Crippen molar-refractivity contribution in [2.45, 2.75) is 12.1 Å². The van der Waals surface area contributed by atoms with Gasteiger partial charge in [-0.05, 0) is 42.5 Å². The monoisotopic (exact) mass is 436 g/mol. The van der Waals surface area contributed by atoms with Gasteiger partial charge in [-0.3, -0.25) is 9.69 Å². The molecule has 2 aliphatic heterocycles. The lowest BCUT2D eigenvalue weighted by atomic mass is 10.1. The van der Waals surface area contributed by atoms with Gasteiger partial charge in [-0.25, -0.2) is 4.98 Å².